The van der Waals surface area contributed by atoms with Gasteiger partial charge in [0.1, 0.15) is 0 Å². The number of nitrogens with zero attached hydrogens (tertiary/aromatic N) is 1. The third-order valence-corrected chi connectivity index (χ3v) is 3.88. The molecule has 0 amide bonds. The molecule has 0 bridgehead atoms. The zero-order valence-electron chi connectivity index (χ0n) is 12.1. The first-order valence-corrected chi connectivity index (χ1v) is 7.22. The standard InChI is InChI=1S/C18H19N3/c1-2-13-6-3-4-8-16(13)18(21-19)15-10-9-14-7-5-11-20-17(14)12-15/h3-12,18,21H,2,19H2,1H3. The van der Waals surface area contributed by atoms with Gasteiger partial charge in [0.2, 0.25) is 0 Å². The quantitative estimate of drug-likeness (QED) is 0.568. The third kappa shape index (κ3) is 2.66. The molecule has 21 heavy (non-hydrogen) atoms. The van der Waals surface area contributed by atoms with Crippen molar-refractivity contribution in [1.82, 2.24) is 10.4 Å². The zero-order valence-corrected chi connectivity index (χ0v) is 12.1. The van der Waals surface area contributed by atoms with Crippen LogP contribution in [0.4, 0.5) is 0 Å². The number of fused-ring (bicyclic) bond motifs is 1. The van der Waals surface area contributed by atoms with Crippen LogP contribution in [0.15, 0.2) is 60.8 Å². The number of nitrogens with one attached hydrogen (secondary N) is 1. The topological polar surface area (TPSA) is 50.9 Å². The van der Waals surface area contributed by atoms with Gasteiger partial charge in [0.05, 0.1) is 11.6 Å². The lowest BCUT2D eigenvalue weighted by Gasteiger charge is -2.20. The Balaban J connectivity index is 2.09. The minimum absolute atomic E-state index is 0.0208. The van der Waals surface area contributed by atoms with Gasteiger partial charge in [-0.1, -0.05) is 49.4 Å². The fourth-order valence-electron chi connectivity index (χ4n) is 2.77. The van der Waals surface area contributed by atoms with Gasteiger partial charge in [-0.25, -0.2) is 5.43 Å². The highest BCUT2D eigenvalue weighted by Gasteiger charge is 2.15. The number of aromatic nitrogens is 1. The van der Waals surface area contributed by atoms with Crippen molar-refractivity contribution in [2.75, 3.05) is 0 Å². The van der Waals surface area contributed by atoms with Crippen molar-refractivity contribution in [1.29, 1.82) is 0 Å². The molecule has 1 heterocycles. The molecule has 106 valence electrons. The van der Waals surface area contributed by atoms with Gasteiger partial charge in [-0.2, -0.15) is 0 Å². The number of rotatable bonds is 4. The smallest absolute Gasteiger partial charge is 0.0713 e. The van der Waals surface area contributed by atoms with E-state index >= 15 is 0 Å². The Labute approximate surface area is 124 Å². The maximum atomic E-state index is 5.83. The summed E-state index contributed by atoms with van der Waals surface area (Å²) >= 11 is 0. The molecule has 0 fully saturated rings. The molecule has 2 aromatic carbocycles. The first-order chi connectivity index (χ1) is 10.3. The van der Waals surface area contributed by atoms with Gasteiger partial charge >= 0.3 is 0 Å². The summed E-state index contributed by atoms with van der Waals surface area (Å²) < 4.78 is 0. The van der Waals surface area contributed by atoms with Gasteiger partial charge in [0.25, 0.3) is 0 Å². The van der Waals surface area contributed by atoms with E-state index in [2.05, 4.69) is 65.9 Å². The molecule has 3 aromatic rings. The van der Waals surface area contributed by atoms with Crippen LogP contribution >= 0.6 is 0 Å². The lowest BCUT2D eigenvalue weighted by atomic mass is 9.93. The van der Waals surface area contributed by atoms with E-state index < -0.39 is 0 Å². The molecule has 0 saturated heterocycles. The van der Waals surface area contributed by atoms with E-state index in [-0.39, 0.29) is 6.04 Å². The average molecular weight is 277 g/mol. The van der Waals surface area contributed by atoms with Crippen molar-refractivity contribution in [3.8, 4) is 0 Å². The molecule has 0 spiro atoms. The number of nitrogens with two attached hydrogens (primary N) is 1. The number of aryl methyl sites for hydroxylation is 1. The van der Waals surface area contributed by atoms with Gasteiger partial charge in [-0.05, 0) is 35.2 Å². The van der Waals surface area contributed by atoms with Gasteiger partial charge in [-0.15, -0.1) is 0 Å². The van der Waals surface area contributed by atoms with Crippen LogP contribution < -0.4 is 11.3 Å². The second kappa shape index (κ2) is 6.04. The molecule has 3 N–H and O–H groups in total. The molecular weight excluding hydrogens is 258 g/mol. The number of hydrogen-bond acceptors (Lipinski definition) is 3. The highest BCUT2D eigenvalue weighted by atomic mass is 15.2. The molecule has 0 saturated carbocycles. The van der Waals surface area contributed by atoms with Crippen molar-refractivity contribution >= 4 is 10.9 Å². The number of hydrazine groups is 1. The first kappa shape index (κ1) is 13.7. The predicted octanol–water partition coefficient (Wildman–Crippen LogP) is 3.35. The molecule has 1 atom stereocenters. The van der Waals surface area contributed by atoms with E-state index in [1.165, 1.54) is 11.1 Å². The number of pyridine rings is 1. The largest absolute Gasteiger partial charge is 0.271 e. The van der Waals surface area contributed by atoms with Crippen molar-refractivity contribution in [2.24, 2.45) is 5.84 Å². The van der Waals surface area contributed by atoms with E-state index in [1.807, 2.05) is 12.3 Å². The minimum atomic E-state index is -0.0208. The first-order valence-electron chi connectivity index (χ1n) is 7.22. The number of benzene rings is 2. The highest BCUT2D eigenvalue weighted by Crippen LogP contribution is 2.26. The van der Waals surface area contributed by atoms with Crippen LogP contribution in [0, 0.1) is 0 Å². The Hall–Kier alpha value is -2.23. The van der Waals surface area contributed by atoms with Crippen LogP contribution in [0.25, 0.3) is 10.9 Å². The van der Waals surface area contributed by atoms with Crippen LogP contribution in [0.2, 0.25) is 0 Å². The zero-order chi connectivity index (χ0) is 14.7. The minimum Gasteiger partial charge on any atom is -0.271 e. The summed E-state index contributed by atoms with van der Waals surface area (Å²) in [6, 6.07) is 18.7. The van der Waals surface area contributed by atoms with E-state index in [4.69, 9.17) is 5.84 Å². The van der Waals surface area contributed by atoms with Gasteiger partial charge < -0.3 is 0 Å². The van der Waals surface area contributed by atoms with Gasteiger partial charge in [-0.3, -0.25) is 10.8 Å². The summed E-state index contributed by atoms with van der Waals surface area (Å²) in [6.07, 6.45) is 2.80. The molecule has 3 heteroatoms. The van der Waals surface area contributed by atoms with E-state index in [0.29, 0.717) is 0 Å². The lowest BCUT2D eigenvalue weighted by Crippen LogP contribution is -2.29. The predicted molar refractivity (Wildman–Crippen MR) is 86.7 cm³/mol. The molecule has 0 aliphatic heterocycles. The SMILES string of the molecule is CCc1ccccc1C(NN)c1ccc2cccnc2c1. The fraction of sp³-hybridized carbons (Fsp3) is 0.167. The molecule has 3 rings (SSSR count). The highest BCUT2D eigenvalue weighted by molar-refractivity contribution is 5.79. The fourth-order valence-corrected chi connectivity index (χ4v) is 2.77. The summed E-state index contributed by atoms with van der Waals surface area (Å²) in [5.74, 6) is 5.83. The summed E-state index contributed by atoms with van der Waals surface area (Å²) in [4.78, 5) is 4.43. The van der Waals surface area contributed by atoms with Crippen molar-refractivity contribution < 1.29 is 0 Å². The summed E-state index contributed by atoms with van der Waals surface area (Å²) in [5, 5.41) is 1.14. The van der Waals surface area contributed by atoms with Crippen molar-refractivity contribution in [3.05, 3.63) is 77.5 Å². The van der Waals surface area contributed by atoms with Gasteiger partial charge in [0, 0.05) is 11.6 Å². The van der Waals surface area contributed by atoms with Crippen LogP contribution in [0.3, 0.4) is 0 Å². The Morgan fingerprint density at radius 2 is 1.95 bits per heavy atom. The van der Waals surface area contributed by atoms with E-state index in [0.717, 1.165) is 22.9 Å². The van der Waals surface area contributed by atoms with Gasteiger partial charge in [0.15, 0.2) is 0 Å². The maximum absolute atomic E-state index is 5.83. The normalized spacial score (nSPS) is 12.5. The monoisotopic (exact) mass is 277 g/mol. The average Bonchev–Trinajstić information content (AvgIpc) is 2.56. The summed E-state index contributed by atoms with van der Waals surface area (Å²) in [6.45, 7) is 2.16. The van der Waals surface area contributed by atoms with Crippen LogP contribution in [-0.2, 0) is 6.42 Å². The summed E-state index contributed by atoms with van der Waals surface area (Å²) in [5.41, 5.74) is 7.59. The molecule has 1 aromatic heterocycles. The van der Waals surface area contributed by atoms with Crippen LogP contribution in [-0.4, -0.2) is 4.98 Å². The van der Waals surface area contributed by atoms with Crippen molar-refractivity contribution in [2.45, 2.75) is 19.4 Å². The third-order valence-electron chi connectivity index (χ3n) is 3.88. The molecule has 0 aliphatic carbocycles. The van der Waals surface area contributed by atoms with Crippen molar-refractivity contribution in [3.63, 3.8) is 0 Å². The van der Waals surface area contributed by atoms with Crippen LogP contribution in [0.1, 0.15) is 29.7 Å². The Kier molecular flexibility index (Phi) is 3.95. The van der Waals surface area contributed by atoms with Crippen LogP contribution in [0.5, 0.6) is 0 Å². The van der Waals surface area contributed by atoms with E-state index in [1.54, 1.807) is 0 Å². The summed E-state index contributed by atoms with van der Waals surface area (Å²) in [7, 11) is 0. The maximum Gasteiger partial charge on any atom is 0.0713 e. The Morgan fingerprint density at radius 3 is 2.76 bits per heavy atom. The lowest BCUT2D eigenvalue weighted by molar-refractivity contribution is 0.632. The molecular formula is C18H19N3. The molecule has 0 aliphatic rings. The Morgan fingerprint density at radius 1 is 1.10 bits per heavy atom. The molecule has 0 radical (unpaired) electrons. The number of hydrogen-bond donors (Lipinski definition) is 2. The Bertz CT molecular complexity index is 752. The molecule has 1 unspecified atom stereocenters. The molecule has 3 nitrogen and oxygen atoms in total. The van der Waals surface area contributed by atoms with E-state index in [9.17, 15) is 0 Å². The second-order valence-corrected chi connectivity index (χ2v) is 5.11. The second-order valence-electron chi connectivity index (χ2n) is 5.11.